The van der Waals surface area contributed by atoms with E-state index in [0.29, 0.717) is 22.8 Å². The van der Waals surface area contributed by atoms with Gasteiger partial charge in [-0.05, 0) is 24.2 Å². The number of hydrogen-bond donors (Lipinski definition) is 2. The van der Waals surface area contributed by atoms with E-state index in [0.717, 1.165) is 5.56 Å². The van der Waals surface area contributed by atoms with Gasteiger partial charge in [0.25, 0.3) is 5.96 Å². The summed E-state index contributed by atoms with van der Waals surface area (Å²) in [6, 6.07) is 9.40. The Morgan fingerprint density at radius 2 is 1.62 bits per heavy atom. The van der Waals surface area contributed by atoms with Crippen LogP contribution in [0.1, 0.15) is 11.1 Å². The lowest BCUT2D eigenvalue weighted by Gasteiger charge is -2.12. The predicted molar refractivity (Wildman–Crippen MR) is 108 cm³/mol. The lowest BCUT2D eigenvalue weighted by atomic mass is 10.2. The third kappa shape index (κ3) is 5.75. The highest BCUT2D eigenvalue weighted by molar-refractivity contribution is 7.86. The van der Waals surface area contributed by atoms with Crippen molar-refractivity contribution in [2.45, 2.75) is 11.8 Å². The molecule has 0 unspecified atom stereocenters. The van der Waals surface area contributed by atoms with Gasteiger partial charge in [0, 0.05) is 12.1 Å². The highest BCUT2D eigenvalue weighted by Gasteiger charge is 2.15. The highest BCUT2D eigenvalue weighted by Crippen LogP contribution is 2.32. The Morgan fingerprint density at radius 3 is 2.14 bits per heavy atom. The maximum atomic E-state index is 12.1. The molecule has 0 aliphatic carbocycles. The molecule has 0 aromatic heterocycles. The van der Waals surface area contributed by atoms with E-state index < -0.39 is 10.1 Å². The fourth-order valence-corrected chi connectivity index (χ4v) is 2.91. The first-order valence-electron chi connectivity index (χ1n) is 8.23. The molecule has 0 amide bonds. The number of hydrazone groups is 1. The quantitative estimate of drug-likeness (QED) is 0.372. The summed E-state index contributed by atoms with van der Waals surface area (Å²) < 4.78 is 44.5. The van der Waals surface area contributed by atoms with Crippen molar-refractivity contribution < 1.29 is 26.9 Å². The van der Waals surface area contributed by atoms with Crippen LogP contribution in [0.15, 0.2) is 51.6 Å². The minimum Gasteiger partial charge on any atom is -0.496 e. The zero-order valence-corrected chi connectivity index (χ0v) is 17.2. The van der Waals surface area contributed by atoms with E-state index in [1.54, 1.807) is 24.3 Å². The molecule has 10 nitrogen and oxygen atoms in total. The molecule has 11 heteroatoms. The van der Waals surface area contributed by atoms with Gasteiger partial charge in [-0.3, -0.25) is 4.28 Å². The van der Waals surface area contributed by atoms with E-state index in [4.69, 9.17) is 19.9 Å². The number of benzene rings is 2. The molecule has 0 fully saturated rings. The van der Waals surface area contributed by atoms with Crippen LogP contribution in [0.4, 0.5) is 0 Å². The molecule has 0 spiro atoms. The summed E-state index contributed by atoms with van der Waals surface area (Å²) in [6.07, 6.45) is 1.37. The molecular formula is C18H22N4O6S. The van der Waals surface area contributed by atoms with E-state index >= 15 is 0 Å². The van der Waals surface area contributed by atoms with E-state index in [1.165, 1.54) is 39.7 Å². The van der Waals surface area contributed by atoms with Gasteiger partial charge < -0.3 is 19.9 Å². The summed E-state index contributed by atoms with van der Waals surface area (Å²) in [5.74, 6) is 1.06. The molecule has 0 saturated carbocycles. The molecule has 156 valence electrons. The standard InChI is InChI=1S/C18H22N4O6S/c1-12-5-7-14(8-6-12)29(23,24)28-22-18(19)21-20-11-15-16(26-3)9-13(25-2)10-17(15)27-4/h5-11H,1-4H3,(H3,19,21,22). The minimum absolute atomic E-state index is 0.0455. The Balaban J connectivity index is 2.11. The van der Waals surface area contributed by atoms with Crippen molar-refractivity contribution >= 4 is 22.3 Å². The van der Waals surface area contributed by atoms with Gasteiger partial charge in [-0.25, -0.2) is 5.43 Å². The van der Waals surface area contributed by atoms with Crippen molar-refractivity contribution in [3.05, 3.63) is 47.5 Å². The Labute approximate surface area is 169 Å². The van der Waals surface area contributed by atoms with Crippen LogP contribution in [0.25, 0.3) is 0 Å². The molecule has 0 aliphatic rings. The number of oxime groups is 1. The van der Waals surface area contributed by atoms with Crippen LogP contribution in [-0.4, -0.2) is 41.9 Å². The van der Waals surface area contributed by atoms with Gasteiger partial charge in [0.05, 0.1) is 33.1 Å². The molecule has 2 aromatic carbocycles. The Bertz CT molecular complexity index is 979. The summed E-state index contributed by atoms with van der Waals surface area (Å²) in [5.41, 5.74) is 9.36. The van der Waals surface area contributed by atoms with Crippen molar-refractivity contribution in [2.24, 2.45) is 16.0 Å². The number of nitrogens with zero attached hydrogens (tertiary/aromatic N) is 2. The van der Waals surface area contributed by atoms with E-state index in [1.807, 2.05) is 6.92 Å². The molecular weight excluding hydrogens is 400 g/mol. The number of rotatable bonds is 8. The first-order valence-corrected chi connectivity index (χ1v) is 9.64. The zero-order chi connectivity index (χ0) is 21.4. The predicted octanol–water partition coefficient (Wildman–Crippen LogP) is 1.58. The van der Waals surface area contributed by atoms with E-state index in [9.17, 15) is 8.42 Å². The summed E-state index contributed by atoms with van der Waals surface area (Å²) in [6.45, 7) is 1.84. The number of ether oxygens (including phenoxy) is 3. The van der Waals surface area contributed by atoms with Gasteiger partial charge >= 0.3 is 10.1 Å². The summed E-state index contributed by atoms with van der Waals surface area (Å²) in [4.78, 5) is -0.0455. The first-order chi connectivity index (χ1) is 13.8. The largest absolute Gasteiger partial charge is 0.496 e. The van der Waals surface area contributed by atoms with Crippen LogP contribution >= 0.6 is 0 Å². The first kappa shape index (κ1) is 21.8. The maximum absolute atomic E-state index is 12.1. The second-order valence-electron chi connectivity index (χ2n) is 5.63. The fraction of sp³-hybridized carbons (Fsp3) is 0.222. The normalized spacial score (nSPS) is 11.9. The number of methoxy groups -OCH3 is 3. The Hall–Kier alpha value is -3.47. The van der Waals surface area contributed by atoms with E-state index in [2.05, 4.69) is 20.0 Å². The van der Waals surface area contributed by atoms with Gasteiger partial charge in [-0.15, -0.1) is 0 Å². The van der Waals surface area contributed by atoms with Crippen LogP contribution in [0.5, 0.6) is 17.2 Å². The van der Waals surface area contributed by atoms with Gasteiger partial charge in [0.15, 0.2) is 0 Å². The van der Waals surface area contributed by atoms with Crippen molar-refractivity contribution in [2.75, 3.05) is 21.3 Å². The van der Waals surface area contributed by atoms with Gasteiger partial charge in [0.1, 0.15) is 22.1 Å². The average molecular weight is 422 g/mol. The number of hydrogen-bond acceptors (Lipinski definition) is 8. The molecule has 0 atom stereocenters. The third-order valence-electron chi connectivity index (χ3n) is 3.67. The molecule has 29 heavy (non-hydrogen) atoms. The highest BCUT2D eigenvalue weighted by atomic mass is 32.2. The topological polar surface area (TPSA) is 134 Å². The number of nitrogens with one attached hydrogen (secondary N) is 1. The van der Waals surface area contributed by atoms with Crippen LogP contribution in [-0.2, 0) is 14.4 Å². The van der Waals surface area contributed by atoms with Crippen molar-refractivity contribution in [1.82, 2.24) is 5.43 Å². The number of guanidine groups is 1. The zero-order valence-electron chi connectivity index (χ0n) is 16.4. The lowest BCUT2D eigenvalue weighted by Crippen LogP contribution is -2.28. The molecule has 2 rings (SSSR count). The monoisotopic (exact) mass is 422 g/mol. The van der Waals surface area contributed by atoms with Crippen LogP contribution < -0.4 is 25.4 Å². The number of nitrogens with two attached hydrogens (primary N) is 1. The molecule has 0 heterocycles. The third-order valence-corrected chi connectivity index (χ3v) is 4.79. The Kier molecular flexibility index (Phi) is 7.26. The smallest absolute Gasteiger partial charge is 0.358 e. The maximum Gasteiger partial charge on any atom is 0.358 e. The molecule has 0 radical (unpaired) electrons. The lowest BCUT2D eigenvalue weighted by molar-refractivity contribution is 0.336. The average Bonchev–Trinajstić information content (AvgIpc) is 2.72. The van der Waals surface area contributed by atoms with Gasteiger partial charge in [-0.1, -0.05) is 17.7 Å². The van der Waals surface area contributed by atoms with Gasteiger partial charge in [-0.2, -0.15) is 13.5 Å². The van der Waals surface area contributed by atoms with Crippen LogP contribution in [0.2, 0.25) is 0 Å². The van der Waals surface area contributed by atoms with E-state index in [-0.39, 0.29) is 10.9 Å². The summed E-state index contributed by atoms with van der Waals surface area (Å²) >= 11 is 0. The molecule has 0 saturated heterocycles. The second kappa shape index (κ2) is 9.64. The fourth-order valence-electron chi connectivity index (χ4n) is 2.18. The van der Waals surface area contributed by atoms with Crippen molar-refractivity contribution in [1.29, 1.82) is 0 Å². The van der Waals surface area contributed by atoms with Crippen LogP contribution in [0, 0.1) is 6.92 Å². The van der Waals surface area contributed by atoms with Crippen molar-refractivity contribution in [3.63, 3.8) is 0 Å². The SMILES string of the molecule is COc1cc(OC)c(C=NNC(N)=NOS(=O)(=O)c2ccc(C)cc2)c(OC)c1. The minimum atomic E-state index is -4.09. The van der Waals surface area contributed by atoms with Crippen LogP contribution in [0.3, 0.4) is 0 Å². The number of aryl methyl sites for hydroxylation is 1. The molecule has 0 bridgehead atoms. The summed E-state index contributed by atoms with van der Waals surface area (Å²) in [7, 11) is 0.397. The van der Waals surface area contributed by atoms with Crippen molar-refractivity contribution in [3.8, 4) is 17.2 Å². The molecule has 2 aromatic rings. The molecule has 3 N–H and O–H groups in total. The molecule has 0 aliphatic heterocycles. The summed E-state index contributed by atoms with van der Waals surface area (Å²) in [5, 5.41) is 7.23. The van der Waals surface area contributed by atoms with Gasteiger partial charge in [0.2, 0.25) is 0 Å². The second-order valence-corrected chi connectivity index (χ2v) is 7.16. The Morgan fingerprint density at radius 1 is 1.03 bits per heavy atom.